The number of hydrogen-bond donors (Lipinski definition) is 2. The number of nitrogens with one attached hydrogen (secondary N) is 1. The van der Waals surface area contributed by atoms with E-state index in [1.807, 2.05) is 60.7 Å². The maximum Gasteiger partial charge on any atom is 0.191 e. The number of hydrogen-bond acceptors (Lipinski definition) is 8. The number of fused-ring (bicyclic) bond motifs is 2. The molecule has 5 rings (SSSR count). The van der Waals surface area contributed by atoms with E-state index in [9.17, 15) is 5.11 Å². The zero-order chi connectivity index (χ0) is 23.3. The second kappa shape index (κ2) is 9.88. The summed E-state index contributed by atoms with van der Waals surface area (Å²) in [4.78, 5) is 9.33. The van der Waals surface area contributed by atoms with Gasteiger partial charge in [-0.2, -0.15) is 5.10 Å². The monoisotopic (exact) mass is 469 g/mol. The van der Waals surface area contributed by atoms with Crippen LogP contribution in [0.15, 0.2) is 77.0 Å². The van der Waals surface area contributed by atoms with Crippen molar-refractivity contribution in [1.82, 2.24) is 25.0 Å². The molecule has 0 saturated heterocycles. The van der Waals surface area contributed by atoms with Crippen LogP contribution in [0.25, 0.3) is 21.9 Å². The van der Waals surface area contributed by atoms with Crippen molar-refractivity contribution in [3.05, 3.63) is 77.9 Å². The summed E-state index contributed by atoms with van der Waals surface area (Å²) in [7, 11) is 0. The third-order valence-electron chi connectivity index (χ3n) is 5.26. The number of hydrazone groups is 1. The maximum atomic E-state index is 10.4. The molecular weight excluding hydrogens is 446 g/mol. The van der Waals surface area contributed by atoms with Crippen molar-refractivity contribution in [1.29, 1.82) is 0 Å². The quantitative estimate of drug-likeness (QED) is 0.141. The van der Waals surface area contributed by atoms with E-state index in [-0.39, 0.29) is 5.75 Å². The van der Waals surface area contributed by atoms with E-state index in [0.717, 1.165) is 28.5 Å². The molecular formula is C25H23N7OS. The van der Waals surface area contributed by atoms with E-state index < -0.39 is 0 Å². The number of anilines is 1. The molecule has 0 aliphatic carbocycles. The van der Waals surface area contributed by atoms with Gasteiger partial charge in [0, 0.05) is 11.3 Å². The van der Waals surface area contributed by atoms with Gasteiger partial charge in [-0.25, -0.2) is 14.6 Å². The Morgan fingerprint density at radius 2 is 1.85 bits per heavy atom. The van der Waals surface area contributed by atoms with Gasteiger partial charge in [0.1, 0.15) is 5.75 Å². The molecule has 0 bridgehead atoms. The molecule has 3 aromatic carbocycles. The van der Waals surface area contributed by atoms with E-state index in [1.165, 1.54) is 0 Å². The van der Waals surface area contributed by atoms with Gasteiger partial charge in [0.2, 0.25) is 0 Å². The highest BCUT2D eigenvalue weighted by Gasteiger charge is 2.15. The number of phenolic OH excluding ortho intramolecular Hbond substituents is 1. The first-order valence-electron chi connectivity index (χ1n) is 11.0. The lowest BCUT2D eigenvalue weighted by Gasteiger charge is -2.07. The number of thioether (sulfide) groups is 1. The minimum absolute atomic E-state index is 0.157. The Bertz CT molecular complexity index is 1470. The first kappa shape index (κ1) is 21.8. The average Bonchev–Trinajstić information content (AvgIpc) is 3.27. The van der Waals surface area contributed by atoms with Gasteiger partial charge in [0.25, 0.3) is 0 Å². The van der Waals surface area contributed by atoms with E-state index in [1.54, 1.807) is 28.7 Å². The largest absolute Gasteiger partial charge is 0.507 e. The summed E-state index contributed by atoms with van der Waals surface area (Å²) >= 11 is 1.58. The Morgan fingerprint density at radius 1 is 1.03 bits per heavy atom. The fraction of sp³-hybridized carbons (Fsp3) is 0.160. The second-order valence-electron chi connectivity index (χ2n) is 7.70. The summed E-state index contributed by atoms with van der Waals surface area (Å²) in [5.41, 5.74) is 5.92. The molecule has 2 aromatic heterocycles. The molecule has 5 aromatic rings. The summed E-state index contributed by atoms with van der Waals surface area (Å²) in [5, 5.41) is 26.0. The maximum absolute atomic E-state index is 10.4. The number of aromatic nitrogens is 5. The molecule has 0 aliphatic heterocycles. The molecule has 9 heteroatoms. The average molecular weight is 470 g/mol. The third-order valence-corrected chi connectivity index (χ3v) is 6.32. The molecule has 0 fully saturated rings. The van der Waals surface area contributed by atoms with Crippen LogP contribution in [0.5, 0.6) is 5.75 Å². The Labute approximate surface area is 200 Å². The normalized spacial score (nSPS) is 11.6. The number of aromatic hydroxyl groups is 1. The topological polar surface area (TPSA) is 101 Å². The van der Waals surface area contributed by atoms with Gasteiger partial charge >= 0.3 is 0 Å². The number of nitrogens with zero attached hydrogens (tertiary/aromatic N) is 6. The van der Waals surface area contributed by atoms with Gasteiger partial charge in [0.05, 0.1) is 12.8 Å². The lowest BCUT2D eigenvalue weighted by Crippen LogP contribution is -2.04. The van der Waals surface area contributed by atoms with Crippen molar-refractivity contribution in [2.75, 3.05) is 11.2 Å². The van der Waals surface area contributed by atoms with Crippen LogP contribution in [-0.2, 0) is 6.54 Å². The first-order valence-corrected chi connectivity index (χ1v) is 12.0. The molecule has 34 heavy (non-hydrogen) atoms. The number of phenols is 1. The van der Waals surface area contributed by atoms with Crippen LogP contribution >= 0.6 is 11.8 Å². The zero-order valence-electron chi connectivity index (χ0n) is 18.6. The Morgan fingerprint density at radius 3 is 2.71 bits per heavy atom. The second-order valence-corrected chi connectivity index (χ2v) is 8.76. The molecule has 0 atom stereocenters. The molecule has 0 radical (unpaired) electrons. The first-order chi connectivity index (χ1) is 16.7. The van der Waals surface area contributed by atoms with Crippen molar-refractivity contribution < 1.29 is 5.11 Å². The number of benzene rings is 3. The zero-order valence-corrected chi connectivity index (χ0v) is 19.4. The van der Waals surface area contributed by atoms with Crippen molar-refractivity contribution in [2.45, 2.75) is 25.0 Å². The minimum atomic E-state index is 0.157. The van der Waals surface area contributed by atoms with E-state index in [4.69, 9.17) is 4.98 Å². The van der Waals surface area contributed by atoms with Crippen LogP contribution in [0.3, 0.4) is 0 Å². The fourth-order valence-electron chi connectivity index (χ4n) is 3.61. The van der Waals surface area contributed by atoms with E-state index in [0.29, 0.717) is 34.2 Å². The van der Waals surface area contributed by atoms with Crippen molar-refractivity contribution in [3.8, 4) is 5.75 Å². The lowest BCUT2D eigenvalue weighted by molar-refractivity contribution is 0.475. The Kier molecular flexibility index (Phi) is 6.35. The van der Waals surface area contributed by atoms with Crippen molar-refractivity contribution >= 4 is 45.7 Å². The molecule has 0 unspecified atom stereocenters. The van der Waals surface area contributed by atoms with Crippen LogP contribution in [-0.4, -0.2) is 42.0 Å². The molecule has 0 spiro atoms. The fourth-order valence-corrected chi connectivity index (χ4v) is 4.31. The van der Waals surface area contributed by atoms with Gasteiger partial charge in [-0.05, 0) is 28.8 Å². The summed E-state index contributed by atoms with van der Waals surface area (Å²) < 4.78 is 1.77. The van der Waals surface area contributed by atoms with Crippen molar-refractivity contribution in [2.24, 2.45) is 5.10 Å². The summed E-state index contributed by atoms with van der Waals surface area (Å²) in [6.07, 6.45) is 2.60. The molecule has 170 valence electrons. The van der Waals surface area contributed by atoms with Crippen LogP contribution in [0.4, 0.5) is 5.82 Å². The summed E-state index contributed by atoms with van der Waals surface area (Å²) in [6.45, 7) is 2.67. The SMILES string of the molecule is CCCSc1nc(N/N=C/c2c(O)ccc3ccccc23)c2nnn(Cc3ccccc3)c2n1. The smallest absolute Gasteiger partial charge is 0.191 e. The van der Waals surface area contributed by atoms with E-state index in [2.05, 4.69) is 32.7 Å². The highest BCUT2D eigenvalue weighted by atomic mass is 32.2. The van der Waals surface area contributed by atoms with Gasteiger partial charge in [-0.15, -0.1) is 5.10 Å². The lowest BCUT2D eigenvalue weighted by atomic mass is 10.0. The van der Waals surface area contributed by atoms with Gasteiger partial charge in [0.15, 0.2) is 22.1 Å². The minimum Gasteiger partial charge on any atom is -0.507 e. The van der Waals surface area contributed by atoms with Crippen LogP contribution in [0.1, 0.15) is 24.5 Å². The molecule has 8 nitrogen and oxygen atoms in total. The molecule has 0 amide bonds. The Hall–Kier alpha value is -3.98. The number of rotatable bonds is 8. The van der Waals surface area contributed by atoms with Crippen LogP contribution in [0, 0.1) is 0 Å². The van der Waals surface area contributed by atoms with Crippen molar-refractivity contribution in [3.63, 3.8) is 0 Å². The van der Waals surface area contributed by atoms with Crippen LogP contribution < -0.4 is 5.43 Å². The standard InChI is InChI=1S/C25H23N7OS/c1-2-14-34-25-27-23(22-24(28-25)32(31-29-22)16-17-8-4-3-5-9-17)30-26-15-20-19-11-7-6-10-18(19)12-13-21(20)33/h3-13,15,33H,2,14,16H2,1H3,(H,27,28,30)/b26-15+. The molecule has 2 heterocycles. The Balaban J connectivity index is 1.49. The molecule has 0 saturated carbocycles. The highest BCUT2D eigenvalue weighted by Crippen LogP contribution is 2.26. The van der Waals surface area contributed by atoms with E-state index >= 15 is 0 Å². The van der Waals surface area contributed by atoms with Gasteiger partial charge in [-0.1, -0.05) is 84.6 Å². The van der Waals surface area contributed by atoms with Crippen LogP contribution in [0.2, 0.25) is 0 Å². The van der Waals surface area contributed by atoms with Gasteiger partial charge < -0.3 is 5.11 Å². The molecule has 2 N–H and O–H groups in total. The predicted molar refractivity (Wildman–Crippen MR) is 137 cm³/mol. The summed E-state index contributed by atoms with van der Waals surface area (Å²) in [5.74, 6) is 1.53. The predicted octanol–water partition coefficient (Wildman–Crippen LogP) is 5.08. The third kappa shape index (κ3) is 4.55. The highest BCUT2D eigenvalue weighted by molar-refractivity contribution is 7.99. The molecule has 0 aliphatic rings. The summed E-state index contributed by atoms with van der Waals surface area (Å²) in [6, 6.07) is 21.5. The van der Waals surface area contributed by atoms with Gasteiger partial charge in [-0.3, -0.25) is 5.43 Å².